The predicted octanol–water partition coefficient (Wildman–Crippen LogP) is 3.27. The van der Waals surface area contributed by atoms with Gasteiger partial charge in [-0.05, 0) is 31.2 Å². The number of hydrogen-bond donors (Lipinski definition) is 0. The third-order valence-electron chi connectivity index (χ3n) is 2.48. The van der Waals surface area contributed by atoms with E-state index in [1.165, 1.54) is 0 Å². The number of hydrogen-bond acceptors (Lipinski definition) is 4. The van der Waals surface area contributed by atoms with Crippen LogP contribution < -0.4 is 10.4 Å². The molecule has 0 fully saturated rings. The number of rotatable bonds is 2. The molecular formula is C16H15NO3. The molecule has 0 N–H and O–H groups in total. The van der Waals surface area contributed by atoms with E-state index in [0.29, 0.717) is 12.2 Å². The molecule has 20 heavy (non-hydrogen) atoms. The molecule has 2 aromatic heterocycles. The van der Waals surface area contributed by atoms with E-state index < -0.39 is 5.63 Å². The van der Waals surface area contributed by atoms with Crippen LogP contribution in [0.3, 0.4) is 0 Å². The summed E-state index contributed by atoms with van der Waals surface area (Å²) in [6, 6.07) is 14.8. The SMILES string of the molecule is CCOc1cc2ccccc2oc1=O.c1ccncc1. The minimum Gasteiger partial charge on any atom is -0.487 e. The Hall–Kier alpha value is -2.62. The van der Waals surface area contributed by atoms with E-state index in [4.69, 9.17) is 9.15 Å². The maximum Gasteiger partial charge on any atom is 0.379 e. The highest BCUT2D eigenvalue weighted by Gasteiger charge is 2.04. The molecule has 4 nitrogen and oxygen atoms in total. The Balaban J connectivity index is 0.000000205. The Labute approximate surface area is 116 Å². The molecule has 102 valence electrons. The zero-order chi connectivity index (χ0) is 14.2. The summed E-state index contributed by atoms with van der Waals surface area (Å²) in [6.07, 6.45) is 3.50. The van der Waals surface area contributed by atoms with E-state index in [9.17, 15) is 4.79 Å². The molecule has 0 radical (unpaired) electrons. The first-order chi connectivity index (χ1) is 9.81. The van der Waals surface area contributed by atoms with E-state index in [0.717, 1.165) is 5.39 Å². The van der Waals surface area contributed by atoms with Gasteiger partial charge in [0.2, 0.25) is 5.75 Å². The second-order valence-electron chi connectivity index (χ2n) is 3.89. The van der Waals surface area contributed by atoms with Gasteiger partial charge in [-0.1, -0.05) is 24.3 Å². The molecular weight excluding hydrogens is 254 g/mol. The average Bonchev–Trinajstić information content (AvgIpc) is 2.51. The van der Waals surface area contributed by atoms with Gasteiger partial charge in [-0.3, -0.25) is 4.98 Å². The molecule has 0 unspecified atom stereocenters. The van der Waals surface area contributed by atoms with Gasteiger partial charge in [0.1, 0.15) is 5.58 Å². The smallest absolute Gasteiger partial charge is 0.379 e. The highest BCUT2D eigenvalue weighted by Crippen LogP contribution is 2.16. The van der Waals surface area contributed by atoms with Crippen molar-refractivity contribution in [2.75, 3.05) is 6.61 Å². The largest absolute Gasteiger partial charge is 0.487 e. The lowest BCUT2D eigenvalue weighted by Gasteiger charge is -2.01. The summed E-state index contributed by atoms with van der Waals surface area (Å²) in [7, 11) is 0. The Morgan fingerprint density at radius 1 is 1.10 bits per heavy atom. The molecule has 2 heterocycles. The van der Waals surface area contributed by atoms with Gasteiger partial charge >= 0.3 is 5.63 Å². The van der Waals surface area contributed by atoms with Crippen molar-refractivity contribution in [2.24, 2.45) is 0 Å². The average molecular weight is 269 g/mol. The van der Waals surface area contributed by atoms with Gasteiger partial charge < -0.3 is 9.15 Å². The molecule has 0 aliphatic rings. The van der Waals surface area contributed by atoms with Crippen molar-refractivity contribution in [3.05, 3.63) is 71.3 Å². The Morgan fingerprint density at radius 3 is 2.45 bits per heavy atom. The van der Waals surface area contributed by atoms with E-state index in [1.807, 2.05) is 43.3 Å². The number of pyridine rings is 1. The lowest BCUT2D eigenvalue weighted by Crippen LogP contribution is -2.05. The van der Waals surface area contributed by atoms with E-state index >= 15 is 0 Å². The standard InChI is InChI=1S/C11H10O3.C5H5N/c1-2-13-10-7-8-5-3-4-6-9(8)14-11(10)12;1-2-4-6-5-3-1/h3-7H,2H2,1H3;1-5H. The molecule has 0 aliphatic carbocycles. The fourth-order valence-corrected chi connectivity index (χ4v) is 1.61. The zero-order valence-electron chi connectivity index (χ0n) is 11.2. The summed E-state index contributed by atoms with van der Waals surface area (Å²) in [5, 5.41) is 0.871. The summed E-state index contributed by atoms with van der Waals surface area (Å²) in [5.74, 6) is 0.270. The summed E-state index contributed by atoms with van der Waals surface area (Å²) >= 11 is 0. The quantitative estimate of drug-likeness (QED) is 0.670. The number of aromatic nitrogens is 1. The van der Waals surface area contributed by atoms with Crippen molar-refractivity contribution in [1.29, 1.82) is 0 Å². The van der Waals surface area contributed by atoms with Crippen LogP contribution in [0.1, 0.15) is 6.92 Å². The topological polar surface area (TPSA) is 52.3 Å². The van der Waals surface area contributed by atoms with Crippen molar-refractivity contribution in [3.63, 3.8) is 0 Å². The van der Waals surface area contributed by atoms with E-state index in [2.05, 4.69) is 4.98 Å². The molecule has 0 aliphatic heterocycles. The lowest BCUT2D eigenvalue weighted by atomic mass is 10.2. The van der Waals surface area contributed by atoms with Crippen LogP contribution in [0.4, 0.5) is 0 Å². The zero-order valence-corrected chi connectivity index (χ0v) is 11.2. The molecule has 0 spiro atoms. The van der Waals surface area contributed by atoms with Crippen molar-refractivity contribution >= 4 is 11.0 Å². The minimum atomic E-state index is -0.425. The van der Waals surface area contributed by atoms with Crippen LogP contribution >= 0.6 is 0 Å². The first-order valence-electron chi connectivity index (χ1n) is 6.32. The van der Waals surface area contributed by atoms with Gasteiger partial charge in [0.05, 0.1) is 6.61 Å². The maximum absolute atomic E-state index is 11.3. The second kappa shape index (κ2) is 7.09. The van der Waals surface area contributed by atoms with Gasteiger partial charge in [0, 0.05) is 17.8 Å². The fourth-order valence-electron chi connectivity index (χ4n) is 1.61. The molecule has 1 aromatic carbocycles. The molecule has 0 bridgehead atoms. The van der Waals surface area contributed by atoms with Crippen molar-refractivity contribution in [1.82, 2.24) is 4.98 Å². The van der Waals surface area contributed by atoms with Crippen LogP contribution in [-0.4, -0.2) is 11.6 Å². The molecule has 0 atom stereocenters. The number of fused-ring (bicyclic) bond motifs is 1. The summed E-state index contributed by atoms with van der Waals surface area (Å²) in [4.78, 5) is 15.1. The van der Waals surface area contributed by atoms with Crippen LogP contribution in [0.5, 0.6) is 5.75 Å². The number of para-hydroxylation sites is 1. The predicted molar refractivity (Wildman–Crippen MR) is 77.9 cm³/mol. The normalized spacial score (nSPS) is 9.65. The third kappa shape index (κ3) is 3.68. The molecule has 0 saturated heterocycles. The number of ether oxygens (including phenoxy) is 1. The van der Waals surface area contributed by atoms with Crippen LogP contribution in [0.15, 0.2) is 70.1 Å². The number of benzene rings is 1. The van der Waals surface area contributed by atoms with Crippen LogP contribution in [0, 0.1) is 0 Å². The van der Waals surface area contributed by atoms with Crippen molar-refractivity contribution < 1.29 is 9.15 Å². The van der Waals surface area contributed by atoms with Crippen molar-refractivity contribution in [2.45, 2.75) is 6.92 Å². The molecule has 3 aromatic rings. The first kappa shape index (κ1) is 13.8. The molecule has 3 rings (SSSR count). The van der Waals surface area contributed by atoms with Crippen LogP contribution in [0.2, 0.25) is 0 Å². The fraction of sp³-hybridized carbons (Fsp3) is 0.125. The maximum atomic E-state index is 11.3. The molecule has 0 amide bonds. The molecule has 4 heteroatoms. The van der Waals surface area contributed by atoms with Gasteiger partial charge in [-0.2, -0.15) is 0 Å². The Morgan fingerprint density at radius 2 is 1.85 bits per heavy atom. The Bertz CT molecular complexity index is 681. The van der Waals surface area contributed by atoms with Gasteiger partial charge in [-0.25, -0.2) is 4.79 Å². The monoisotopic (exact) mass is 269 g/mol. The summed E-state index contributed by atoms with van der Waals surface area (Å²) < 4.78 is 10.2. The first-order valence-corrected chi connectivity index (χ1v) is 6.32. The summed E-state index contributed by atoms with van der Waals surface area (Å²) in [6.45, 7) is 2.29. The highest BCUT2D eigenvalue weighted by atomic mass is 16.5. The lowest BCUT2D eigenvalue weighted by molar-refractivity contribution is 0.322. The number of nitrogens with zero attached hydrogens (tertiary/aromatic N) is 1. The van der Waals surface area contributed by atoms with E-state index in [-0.39, 0.29) is 5.75 Å². The van der Waals surface area contributed by atoms with Gasteiger partial charge in [0.25, 0.3) is 0 Å². The highest BCUT2D eigenvalue weighted by molar-refractivity contribution is 5.77. The van der Waals surface area contributed by atoms with E-state index in [1.54, 1.807) is 24.5 Å². The van der Waals surface area contributed by atoms with Gasteiger partial charge in [-0.15, -0.1) is 0 Å². The third-order valence-corrected chi connectivity index (χ3v) is 2.48. The Kier molecular flexibility index (Phi) is 4.89. The van der Waals surface area contributed by atoms with Crippen LogP contribution in [-0.2, 0) is 0 Å². The van der Waals surface area contributed by atoms with Gasteiger partial charge in [0.15, 0.2) is 0 Å². The van der Waals surface area contributed by atoms with Crippen LogP contribution in [0.25, 0.3) is 11.0 Å². The second-order valence-corrected chi connectivity index (χ2v) is 3.89. The minimum absolute atomic E-state index is 0.270. The summed E-state index contributed by atoms with van der Waals surface area (Å²) in [5.41, 5.74) is 0.159. The van der Waals surface area contributed by atoms with Crippen molar-refractivity contribution in [3.8, 4) is 5.75 Å². The molecule has 0 saturated carbocycles.